The van der Waals surface area contributed by atoms with E-state index in [1.54, 1.807) is 27.7 Å². The first kappa shape index (κ1) is 113. The highest BCUT2D eigenvalue weighted by Gasteiger charge is 2.74. The van der Waals surface area contributed by atoms with Crippen molar-refractivity contribution in [3.8, 4) is 0 Å². The second-order valence-electron chi connectivity index (χ2n) is 42.5. The van der Waals surface area contributed by atoms with E-state index in [1.165, 1.54) is 13.8 Å². The summed E-state index contributed by atoms with van der Waals surface area (Å²) in [5.41, 5.74) is -7.94. The van der Waals surface area contributed by atoms with Gasteiger partial charge in [-0.3, -0.25) is 14.4 Å². The number of carboxylic acid groups (broad SMARTS) is 1. The standard InChI is InChI=1S/C92H150O47/c1-13-36(3)46(127-54(103)25-41(99)24-47(37(4)14-2)128-80-62(111)58(107)49(31-95)129-80)23-40(98)26-55(104)132-69-39(6)126-82(73(65(69)114)138-79-64(113)60(109)68(38(5)125-79)134-78-67(116)70(45(101)32-123-78)135-84-75(117)91(122,34-97)35-124-84)139-85(121)92-22-21-86(7,8)27-43(92)42-15-16-51-87(9)19-18-53(88(10,33-96)50(87)17-20-89(51,11)90(42,12)28-52(92)102)131-83-74(133-77(120)61(110)56(105)44(100)29-93)71(66(115)72(137-83)76(118)119)136-81-63(112)59(108)57(106)48(30-94)130-81/h15,33,36-41,43-53,56-75,77-84,93-95,97-102,105-117,120,122H,13-14,16-32,34-35H2,1-12H3,(H,118,119)/t36-,37-,38?,39?,40-,41-,43?,44?,45?,46-,47-,48?,49-,50?,51?,52+,53-,56-,57+,58?,59?,60?,61?,62?,63?,64?,65?,66-,67?,68-,69+,70-,71?,72?,73?,74?,75?,77-,78+,79-,80+,81-,82-,83+,84-,87-,88-,89+,90+,91?,92+/m0/s1. The van der Waals surface area contributed by atoms with Crippen LogP contribution in [0, 0.1) is 62.1 Å². The summed E-state index contributed by atoms with van der Waals surface area (Å²) in [4.78, 5) is 72.0. The molecule has 0 aromatic heterocycles. The molecule has 0 amide bonds. The molecule has 11 fully saturated rings. The Morgan fingerprint density at radius 1 is 0.532 bits per heavy atom. The summed E-state index contributed by atoms with van der Waals surface area (Å²) < 4.78 is 102. The highest BCUT2D eigenvalue weighted by atomic mass is 16.8. The number of carbonyl (C=O) groups excluding carboxylic acids is 4. The average molecular weight is 2010 g/mol. The number of aliphatic hydroxyl groups is 24. The van der Waals surface area contributed by atoms with Gasteiger partial charge in [0, 0.05) is 12.8 Å². The first-order valence-corrected chi connectivity index (χ1v) is 48.4. The molecule has 47 nitrogen and oxygen atoms in total. The van der Waals surface area contributed by atoms with Gasteiger partial charge in [0.15, 0.2) is 62.3 Å². The van der Waals surface area contributed by atoms with Crippen molar-refractivity contribution in [2.24, 2.45) is 62.1 Å². The number of carbonyl (C=O) groups is 5. The van der Waals surface area contributed by atoms with Crippen LogP contribution in [0.3, 0.4) is 0 Å². The highest BCUT2D eigenvalue weighted by Crippen LogP contribution is 2.76. The second kappa shape index (κ2) is 45.5. The number of aliphatic hydroxyl groups excluding tert-OH is 23. The fourth-order valence-electron chi connectivity index (χ4n) is 23.8. The van der Waals surface area contributed by atoms with E-state index in [9.17, 15) is 147 Å². The average Bonchev–Trinajstić information content (AvgIpc) is 1.20. The number of hydrogen-bond acceptors (Lipinski definition) is 46. The predicted molar refractivity (Wildman–Crippen MR) is 461 cm³/mol. The molecule has 12 aliphatic rings. The van der Waals surface area contributed by atoms with Gasteiger partial charge in [-0.25, -0.2) is 4.79 Å². The van der Waals surface area contributed by atoms with Gasteiger partial charge in [-0.1, -0.05) is 93.7 Å². The molecule has 7 aliphatic heterocycles. The third-order valence-electron chi connectivity index (χ3n) is 33.1. The van der Waals surface area contributed by atoms with Crippen molar-refractivity contribution in [1.82, 2.24) is 0 Å². The van der Waals surface area contributed by atoms with Crippen molar-refractivity contribution in [2.45, 2.75) is 431 Å². The monoisotopic (exact) mass is 2010 g/mol. The molecular weight excluding hydrogens is 1860 g/mol. The van der Waals surface area contributed by atoms with Crippen molar-refractivity contribution in [1.29, 1.82) is 0 Å². The van der Waals surface area contributed by atoms with Crippen molar-refractivity contribution < 1.29 is 232 Å². The van der Waals surface area contributed by atoms with Crippen molar-refractivity contribution in [2.75, 3.05) is 39.6 Å². The number of allylic oxidation sites excluding steroid dienone is 2. The Labute approximate surface area is 803 Å². The lowest BCUT2D eigenvalue weighted by Crippen LogP contribution is -2.69. The molecule has 5 aliphatic carbocycles. The largest absolute Gasteiger partial charge is 0.479 e. The third kappa shape index (κ3) is 22.4. The number of rotatable bonds is 39. The van der Waals surface area contributed by atoms with E-state index in [1.807, 2.05) is 34.6 Å². The zero-order chi connectivity index (χ0) is 103. The van der Waals surface area contributed by atoms with Gasteiger partial charge in [-0.15, -0.1) is 0 Å². The third-order valence-corrected chi connectivity index (χ3v) is 33.1. The van der Waals surface area contributed by atoms with Crippen LogP contribution in [0.1, 0.15) is 179 Å². The zero-order valence-electron chi connectivity index (χ0n) is 80.1. The van der Waals surface area contributed by atoms with Gasteiger partial charge < -0.3 is 213 Å². The molecule has 139 heavy (non-hydrogen) atoms. The maximum atomic E-state index is 16.4. The molecule has 0 aromatic rings. The lowest BCUT2D eigenvalue weighted by Gasteiger charge is -2.71. The number of esters is 3. The molecule has 23 unspecified atom stereocenters. The summed E-state index contributed by atoms with van der Waals surface area (Å²) in [6.45, 7) is 16.8. The lowest BCUT2D eigenvalue weighted by atomic mass is 9.33. The summed E-state index contributed by atoms with van der Waals surface area (Å²) in [7, 11) is 0. The zero-order valence-corrected chi connectivity index (χ0v) is 80.1. The quantitative estimate of drug-likeness (QED) is 0.00679. The fraction of sp³-hybridized carbons (Fsp3) is 0.924. The summed E-state index contributed by atoms with van der Waals surface area (Å²) in [5, 5.41) is 276. The van der Waals surface area contributed by atoms with Crippen LogP contribution in [0.25, 0.3) is 0 Å². The van der Waals surface area contributed by atoms with Crippen LogP contribution in [-0.2, 0) is 104 Å². The van der Waals surface area contributed by atoms with Crippen molar-refractivity contribution in [3.63, 3.8) is 0 Å². The van der Waals surface area contributed by atoms with Crippen molar-refractivity contribution >= 4 is 30.2 Å². The van der Waals surface area contributed by atoms with Crippen LogP contribution in [0.5, 0.6) is 0 Å². The lowest BCUT2D eigenvalue weighted by molar-refractivity contribution is -0.383. The molecule has 0 aromatic carbocycles. The number of aliphatic carboxylic acids is 1. The van der Waals surface area contributed by atoms with Gasteiger partial charge in [-0.05, 0) is 123 Å². The smallest absolute Gasteiger partial charge is 0.335 e. The summed E-state index contributed by atoms with van der Waals surface area (Å²) >= 11 is 0. The molecular formula is C92H150O47. The number of ether oxygens (including phenoxy) is 17. The van der Waals surface area contributed by atoms with Crippen LogP contribution in [0.15, 0.2) is 11.6 Å². The number of aldehydes is 1. The number of fused-ring (bicyclic) bond motifs is 7. The van der Waals surface area contributed by atoms with E-state index in [0.717, 1.165) is 5.57 Å². The van der Waals surface area contributed by atoms with Gasteiger partial charge in [0.2, 0.25) is 6.29 Å². The predicted octanol–water partition coefficient (Wildman–Crippen LogP) is -6.73. The van der Waals surface area contributed by atoms with E-state index < -0.39 is 378 Å². The molecule has 800 valence electrons. The normalized spacial score (nSPS) is 46.6. The van der Waals surface area contributed by atoms with Crippen LogP contribution in [0.4, 0.5) is 0 Å². The Morgan fingerprint density at radius 3 is 1.73 bits per heavy atom. The van der Waals surface area contributed by atoms with Gasteiger partial charge in [0.1, 0.15) is 152 Å². The Balaban J connectivity index is 0.795. The van der Waals surface area contributed by atoms with Gasteiger partial charge in [-0.2, -0.15) is 0 Å². The van der Waals surface area contributed by atoms with E-state index in [0.29, 0.717) is 38.4 Å². The minimum Gasteiger partial charge on any atom is -0.479 e. The van der Waals surface area contributed by atoms with Crippen LogP contribution in [-0.4, -0.2) is 449 Å². The number of hydrogen-bond donors (Lipinski definition) is 25. The van der Waals surface area contributed by atoms with E-state index in [2.05, 4.69) is 13.0 Å². The Bertz CT molecular complexity index is 4080. The molecule has 7 heterocycles. The van der Waals surface area contributed by atoms with Crippen LogP contribution in [0.2, 0.25) is 0 Å². The summed E-state index contributed by atoms with van der Waals surface area (Å²) in [6.07, 6.45) is -70.4. The molecule has 7 saturated heterocycles. The van der Waals surface area contributed by atoms with Crippen LogP contribution < -0.4 is 0 Å². The molecule has 51 atom stereocenters. The van der Waals surface area contributed by atoms with E-state index >= 15 is 4.79 Å². The molecule has 12 rings (SSSR count). The first-order valence-electron chi connectivity index (χ1n) is 48.4. The SMILES string of the molecule is CC[C@H](C)[C@H](C[C@H](O)CC(=O)O[C@@H]1C(C)O[C@@H](OC(=O)[C@]23CCC(C)(C)CC2C2=CCC4[C@@]5(C)CC[C@H](O[C@@H]6OC(C(=O)O)[C@@H](O)C(O[C@@H]7OC(CO)[C@@H](O)C(O)C7O)C6O[C@H](O)C(O)[C@@H](O)C(O)CO)[C@@](C)(C=O)C5CC[C@@]4(C)[C@]2(C)C[C@H]3O)C(O[C@@H]2OC(C)[C@H](O[C@H]3OCC(O)[C@H](O[C@@H]4OCC(O)(CO)C4O)C3O)C(O)C2O)C1O)OC(=O)C[C@@H](O)C[C@H](O[C@@H]1O[C@@H](CO)C(O)C1O)[C@@H](C)CC. The highest BCUT2D eigenvalue weighted by molar-refractivity contribution is 5.80. The Hall–Kier alpha value is -4.23. The van der Waals surface area contributed by atoms with Crippen LogP contribution >= 0.6 is 0 Å². The maximum absolute atomic E-state index is 16.4. The van der Waals surface area contributed by atoms with Crippen molar-refractivity contribution in [3.05, 3.63) is 11.6 Å². The topological polar surface area (TPSA) is 748 Å². The molecule has 0 radical (unpaired) electrons. The Kier molecular flexibility index (Phi) is 37.1. The fourth-order valence-corrected chi connectivity index (χ4v) is 23.8. The molecule has 4 saturated carbocycles. The van der Waals surface area contributed by atoms with E-state index in [4.69, 9.17) is 80.5 Å². The minimum atomic E-state index is -2.65. The molecule has 25 N–H and O–H groups in total. The minimum absolute atomic E-state index is 0.00517. The summed E-state index contributed by atoms with van der Waals surface area (Å²) in [6, 6.07) is 0. The molecule has 0 spiro atoms. The molecule has 47 heteroatoms. The van der Waals surface area contributed by atoms with Gasteiger partial charge in [0.05, 0.1) is 101 Å². The maximum Gasteiger partial charge on any atom is 0.335 e. The first-order chi connectivity index (χ1) is 65.2. The van der Waals surface area contributed by atoms with E-state index in [-0.39, 0.29) is 63.2 Å². The second-order valence-corrected chi connectivity index (χ2v) is 42.5. The van der Waals surface area contributed by atoms with Gasteiger partial charge in [0.25, 0.3) is 0 Å². The summed E-state index contributed by atoms with van der Waals surface area (Å²) in [5.74, 6) is -7.48. The molecule has 0 bridgehead atoms. The Morgan fingerprint density at radius 2 is 1.11 bits per heavy atom. The van der Waals surface area contributed by atoms with Gasteiger partial charge >= 0.3 is 23.9 Å². The number of carboxylic acids is 1.